The zero-order valence-corrected chi connectivity index (χ0v) is 16.6. The van der Waals surface area contributed by atoms with Gasteiger partial charge in [0.25, 0.3) is 10.0 Å². The highest BCUT2D eigenvalue weighted by molar-refractivity contribution is 9.10. The monoisotopic (exact) mass is 405 g/mol. The minimum Gasteiger partial charge on any atom is -0.256 e. The molecule has 0 spiro atoms. The predicted octanol–water partition coefficient (Wildman–Crippen LogP) is 5.15. The lowest BCUT2D eigenvalue weighted by molar-refractivity contribution is 0.561. The van der Waals surface area contributed by atoms with Crippen molar-refractivity contribution in [2.45, 2.75) is 38.1 Å². The number of hydrogen-bond acceptors (Lipinski definition) is 2. The standard InChI is InChI=1S/C19H20BrNO2S/c1-13-5-8-16(9-6-13)24(22,23)21-18-10-7-15(20)11-17(18)14(2)12-19(21,3)4/h5-12H,1-4H3. The molecular formula is C19H20BrNO2S. The van der Waals surface area contributed by atoms with Crippen molar-refractivity contribution >= 4 is 37.2 Å². The molecular weight excluding hydrogens is 386 g/mol. The van der Waals surface area contributed by atoms with Gasteiger partial charge in [-0.15, -0.1) is 0 Å². The average Bonchev–Trinajstić information content (AvgIpc) is 2.47. The number of benzene rings is 2. The summed E-state index contributed by atoms with van der Waals surface area (Å²) in [5.74, 6) is 0. The summed E-state index contributed by atoms with van der Waals surface area (Å²) in [6, 6.07) is 12.7. The van der Waals surface area contributed by atoms with E-state index in [1.807, 2.05) is 64.1 Å². The summed E-state index contributed by atoms with van der Waals surface area (Å²) in [6.45, 7) is 7.81. The Hall–Kier alpha value is -1.59. The quantitative estimate of drug-likeness (QED) is 0.692. The molecule has 2 aromatic carbocycles. The highest BCUT2D eigenvalue weighted by atomic mass is 79.9. The van der Waals surface area contributed by atoms with E-state index in [0.29, 0.717) is 10.6 Å². The molecule has 0 saturated heterocycles. The summed E-state index contributed by atoms with van der Waals surface area (Å²) >= 11 is 3.47. The Labute approximate surface area is 152 Å². The molecule has 0 amide bonds. The number of anilines is 1. The number of rotatable bonds is 2. The summed E-state index contributed by atoms with van der Waals surface area (Å²) in [5, 5.41) is 0. The highest BCUT2D eigenvalue weighted by Gasteiger charge is 2.40. The SMILES string of the molecule is CC1=CC(C)(C)N(S(=O)(=O)c2ccc(C)cc2)c2ccc(Br)cc21. The molecule has 0 aromatic heterocycles. The molecule has 3 rings (SSSR count). The lowest BCUT2D eigenvalue weighted by Gasteiger charge is -2.42. The Bertz CT molecular complexity index is 928. The van der Waals surface area contributed by atoms with Gasteiger partial charge in [-0.2, -0.15) is 0 Å². The normalized spacial score (nSPS) is 16.5. The molecule has 0 fully saturated rings. The number of sulfonamides is 1. The predicted molar refractivity (Wildman–Crippen MR) is 103 cm³/mol. The van der Waals surface area contributed by atoms with Crippen molar-refractivity contribution in [1.82, 2.24) is 0 Å². The lowest BCUT2D eigenvalue weighted by Crippen LogP contribution is -2.48. The first-order chi connectivity index (χ1) is 11.1. The van der Waals surface area contributed by atoms with Crippen LogP contribution in [0.2, 0.25) is 0 Å². The zero-order chi connectivity index (χ0) is 17.7. The highest BCUT2D eigenvalue weighted by Crippen LogP contribution is 2.43. The Kier molecular flexibility index (Phi) is 4.12. The van der Waals surface area contributed by atoms with Crippen LogP contribution in [0.15, 0.2) is 57.9 Å². The first-order valence-corrected chi connectivity index (χ1v) is 9.98. The first kappa shape index (κ1) is 17.2. The van der Waals surface area contributed by atoms with Crippen molar-refractivity contribution in [3.8, 4) is 0 Å². The van der Waals surface area contributed by atoms with E-state index in [1.165, 1.54) is 4.31 Å². The minimum absolute atomic E-state index is 0.308. The number of fused-ring (bicyclic) bond motifs is 1. The fraction of sp³-hybridized carbons (Fsp3) is 0.263. The average molecular weight is 406 g/mol. The van der Waals surface area contributed by atoms with Gasteiger partial charge in [-0.3, -0.25) is 4.31 Å². The molecule has 0 radical (unpaired) electrons. The summed E-state index contributed by atoms with van der Waals surface area (Å²) in [4.78, 5) is 0.308. The van der Waals surface area contributed by atoms with Gasteiger partial charge in [-0.1, -0.05) is 39.7 Å². The second-order valence-corrected chi connectivity index (χ2v) is 9.43. The Morgan fingerprint density at radius 1 is 1.00 bits per heavy atom. The van der Waals surface area contributed by atoms with E-state index >= 15 is 0 Å². The molecule has 3 nitrogen and oxygen atoms in total. The second-order valence-electron chi connectivity index (χ2n) is 6.72. The van der Waals surface area contributed by atoms with Gasteiger partial charge in [0.05, 0.1) is 16.1 Å². The van der Waals surface area contributed by atoms with E-state index in [9.17, 15) is 8.42 Å². The van der Waals surface area contributed by atoms with Crippen molar-refractivity contribution in [3.05, 3.63) is 64.1 Å². The number of aryl methyl sites for hydroxylation is 1. The van der Waals surface area contributed by atoms with Crippen LogP contribution in [0.4, 0.5) is 5.69 Å². The van der Waals surface area contributed by atoms with Crippen molar-refractivity contribution < 1.29 is 8.42 Å². The number of allylic oxidation sites excluding steroid dienone is 1. The van der Waals surface area contributed by atoms with Crippen LogP contribution in [0.5, 0.6) is 0 Å². The summed E-state index contributed by atoms with van der Waals surface area (Å²) in [5.41, 5.74) is 3.11. The van der Waals surface area contributed by atoms with Gasteiger partial charge in [0.2, 0.25) is 0 Å². The Morgan fingerprint density at radius 2 is 1.62 bits per heavy atom. The molecule has 5 heteroatoms. The van der Waals surface area contributed by atoms with Crippen molar-refractivity contribution in [1.29, 1.82) is 0 Å². The van der Waals surface area contributed by atoms with Crippen molar-refractivity contribution in [2.75, 3.05) is 4.31 Å². The number of nitrogens with zero attached hydrogens (tertiary/aromatic N) is 1. The largest absolute Gasteiger partial charge is 0.265 e. The number of halogens is 1. The molecule has 0 saturated carbocycles. The molecule has 1 aliphatic heterocycles. The van der Waals surface area contributed by atoms with Crippen LogP contribution in [0, 0.1) is 6.92 Å². The third-order valence-electron chi connectivity index (χ3n) is 4.25. The smallest absolute Gasteiger partial charge is 0.256 e. The maximum Gasteiger partial charge on any atom is 0.265 e. The third-order valence-corrected chi connectivity index (χ3v) is 6.76. The summed E-state index contributed by atoms with van der Waals surface area (Å²) in [6.07, 6.45) is 2.01. The van der Waals surface area contributed by atoms with E-state index < -0.39 is 15.6 Å². The van der Waals surface area contributed by atoms with E-state index in [0.717, 1.165) is 21.2 Å². The van der Waals surface area contributed by atoms with Crippen LogP contribution in [-0.2, 0) is 10.0 Å². The molecule has 0 aliphatic carbocycles. The van der Waals surface area contributed by atoms with E-state index in [2.05, 4.69) is 15.9 Å². The van der Waals surface area contributed by atoms with E-state index in [1.54, 1.807) is 12.1 Å². The fourth-order valence-corrected chi connectivity index (χ4v) is 5.38. The van der Waals surface area contributed by atoms with Crippen molar-refractivity contribution in [3.63, 3.8) is 0 Å². The zero-order valence-electron chi connectivity index (χ0n) is 14.2. The van der Waals surface area contributed by atoms with Crippen LogP contribution in [0.3, 0.4) is 0 Å². The maximum absolute atomic E-state index is 13.4. The van der Waals surface area contributed by atoms with E-state index in [4.69, 9.17) is 0 Å². The van der Waals surface area contributed by atoms with Crippen LogP contribution < -0.4 is 4.31 Å². The van der Waals surface area contributed by atoms with Crippen LogP contribution in [0.1, 0.15) is 31.9 Å². The van der Waals surface area contributed by atoms with Crippen LogP contribution in [-0.4, -0.2) is 14.0 Å². The van der Waals surface area contributed by atoms with Gasteiger partial charge >= 0.3 is 0 Å². The van der Waals surface area contributed by atoms with E-state index in [-0.39, 0.29) is 0 Å². The van der Waals surface area contributed by atoms with Gasteiger partial charge in [0.15, 0.2) is 0 Å². The molecule has 0 unspecified atom stereocenters. The summed E-state index contributed by atoms with van der Waals surface area (Å²) < 4.78 is 29.2. The second kappa shape index (κ2) is 5.74. The molecule has 0 bridgehead atoms. The molecule has 1 heterocycles. The molecule has 2 aromatic rings. The van der Waals surface area contributed by atoms with Gasteiger partial charge in [0.1, 0.15) is 0 Å². The van der Waals surface area contributed by atoms with Gasteiger partial charge in [-0.25, -0.2) is 8.42 Å². The van der Waals surface area contributed by atoms with Gasteiger partial charge in [-0.05, 0) is 63.6 Å². The van der Waals surface area contributed by atoms with Crippen molar-refractivity contribution in [2.24, 2.45) is 0 Å². The van der Waals surface area contributed by atoms with Crippen LogP contribution in [0.25, 0.3) is 5.57 Å². The molecule has 0 atom stereocenters. The Morgan fingerprint density at radius 3 is 2.25 bits per heavy atom. The topological polar surface area (TPSA) is 37.4 Å². The van der Waals surface area contributed by atoms with Gasteiger partial charge in [0, 0.05) is 10.0 Å². The Balaban J connectivity index is 2.24. The number of hydrogen-bond donors (Lipinski definition) is 0. The maximum atomic E-state index is 13.4. The first-order valence-electron chi connectivity index (χ1n) is 7.74. The molecule has 1 aliphatic rings. The summed E-state index contributed by atoms with van der Waals surface area (Å²) in [7, 11) is -3.66. The van der Waals surface area contributed by atoms with Gasteiger partial charge < -0.3 is 0 Å². The third kappa shape index (κ3) is 2.80. The minimum atomic E-state index is -3.66. The lowest BCUT2D eigenvalue weighted by atomic mass is 9.91. The molecule has 0 N–H and O–H groups in total. The molecule has 24 heavy (non-hydrogen) atoms. The molecule has 126 valence electrons. The fourth-order valence-electron chi connectivity index (χ4n) is 3.23. The van der Waals surface area contributed by atoms with Crippen LogP contribution >= 0.6 is 15.9 Å².